The molecule has 0 bridgehead atoms. The Labute approximate surface area is 162 Å². The molecular formula is C19H29N5O2S. The molecule has 0 radical (unpaired) electrons. The maximum Gasteiger partial charge on any atom is 0.193 e. The number of aromatic nitrogens is 2. The van der Waals surface area contributed by atoms with E-state index in [0.29, 0.717) is 19.0 Å². The first-order valence-corrected chi connectivity index (χ1v) is 10.5. The molecule has 1 aromatic carbocycles. The lowest BCUT2D eigenvalue weighted by molar-refractivity contribution is 0.478. The molecule has 1 aromatic heterocycles. The number of para-hydroxylation sites is 1. The van der Waals surface area contributed by atoms with E-state index in [2.05, 4.69) is 15.4 Å². The van der Waals surface area contributed by atoms with Crippen molar-refractivity contribution in [1.82, 2.24) is 20.0 Å². The summed E-state index contributed by atoms with van der Waals surface area (Å²) in [5.41, 5.74) is 2.04. The molecule has 2 rings (SSSR count). The monoisotopic (exact) mass is 391 g/mol. The minimum atomic E-state index is -3.16. The van der Waals surface area contributed by atoms with Crippen LogP contribution in [0.5, 0.6) is 0 Å². The first-order valence-electron chi connectivity index (χ1n) is 8.87. The van der Waals surface area contributed by atoms with E-state index in [0.717, 1.165) is 11.3 Å². The van der Waals surface area contributed by atoms with Crippen LogP contribution in [0.4, 0.5) is 0 Å². The van der Waals surface area contributed by atoms with Crippen LogP contribution in [0.3, 0.4) is 0 Å². The van der Waals surface area contributed by atoms with Gasteiger partial charge in [-0.25, -0.2) is 13.1 Å². The second-order valence-electron chi connectivity index (χ2n) is 7.39. The van der Waals surface area contributed by atoms with E-state index in [4.69, 9.17) is 0 Å². The lowest BCUT2D eigenvalue weighted by atomic mass is 10.3. The van der Waals surface area contributed by atoms with Gasteiger partial charge in [-0.2, -0.15) is 5.10 Å². The maximum atomic E-state index is 12.2. The average molecular weight is 392 g/mol. The molecule has 0 aliphatic heterocycles. The summed E-state index contributed by atoms with van der Waals surface area (Å²) in [4.78, 5) is 6.18. The van der Waals surface area contributed by atoms with Crippen LogP contribution in [0.1, 0.15) is 26.3 Å². The van der Waals surface area contributed by atoms with Gasteiger partial charge in [0.1, 0.15) is 0 Å². The Balaban J connectivity index is 1.94. The number of sulfone groups is 1. The molecule has 1 heterocycles. The molecule has 0 unspecified atom stereocenters. The van der Waals surface area contributed by atoms with E-state index in [1.165, 1.54) is 0 Å². The van der Waals surface area contributed by atoms with Crippen LogP contribution in [-0.2, 0) is 16.4 Å². The third kappa shape index (κ3) is 5.56. The molecule has 0 saturated carbocycles. The van der Waals surface area contributed by atoms with Crippen LogP contribution >= 0.6 is 0 Å². The van der Waals surface area contributed by atoms with Crippen molar-refractivity contribution in [2.24, 2.45) is 4.99 Å². The van der Waals surface area contributed by atoms with Crippen LogP contribution in [0.2, 0.25) is 0 Å². The number of hydrogen-bond acceptors (Lipinski definition) is 4. The van der Waals surface area contributed by atoms with E-state index >= 15 is 0 Å². The minimum Gasteiger partial charge on any atom is -0.355 e. The lowest BCUT2D eigenvalue weighted by Crippen LogP contribution is -2.42. The van der Waals surface area contributed by atoms with Crippen molar-refractivity contribution in [3.8, 4) is 5.69 Å². The van der Waals surface area contributed by atoms with E-state index < -0.39 is 14.6 Å². The molecule has 0 saturated heterocycles. The standard InChI is InChI=1S/C19H29N5O2S/c1-19(2,3)27(25,26)12-11-21-18(20-4)23(5)14-16-13-22-24(15-16)17-9-7-6-8-10-17/h6-10,13,15H,11-12,14H2,1-5H3,(H,20,21). The van der Waals surface area contributed by atoms with Crippen molar-refractivity contribution in [2.75, 3.05) is 26.4 Å². The summed E-state index contributed by atoms with van der Waals surface area (Å²) in [6, 6.07) is 9.91. The van der Waals surface area contributed by atoms with Crippen LogP contribution in [0, 0.1) is 0 Å². The number of nitrogens with one attached hydrogen (secondary N) is 1. The summed E-state index contributed by atoms with van der Waals surface area (Å²) in [5, 5.41) is 7.52. The molecular weight excluding hydrogens is 362 g/mol. The number of nitrogens with zero attached hydrogens (tertiary/aromatic N) is 4. The van der Waals surface area contributed by atoms with Gasteiger partial charge in [0, 0.05) is 38.9 Å². The lowest BCUT2D eigenvalue weighted by Gasteiger charge is -2.23. The van der Waals surface area contributed by atoms with Gasteiger partial charge in [-0.05, 0) is 32.9 Å². The highest BCUT2D eigenvalue weighted by Gasteiger charge is 2.28. The smallest absolute Gasteiger partial charge is 0.193 e. The summed E-state index contributed by atoms with van der Waals surface area (Å²) in [7, 11) is 0.432. The summed E-state index contributed by atoms with van der Waals surface area (Å²) < 4.78 is 25.5. The highest BCUT2D eigenvalue weighted by molar-refractivity contribution is 7.92. The molecule has 148 valence electrons. The zero-order valence-corrected chi connectivity index (χ0v) is 17.5. The molecule has 0 aliphatic carbocycles. The van der Waals surface area contributed by atoms with E-state index in [1.54, 1.807) is 27.8 Å². The molecule has 0 amide bonds. The van der Waals surface area contributed by atoms with Gasteiger partial charge in [0.15, 0.2) is 15.8 Å². The molecule has 8 heteroatoms. The van der Waals surface area contributed by atoms with Crippen molar-refractivity contribution in [3.05, 3.63) is 48.3 Å². The zero-order chi connectivity index (χ0) is 20.1. The summed E-state index contributed by atoms with van der Waals surface area (Å²) in [5.74, 6) is 0.710. The Morgan fingerprint density at radius 3 is 2.52 bits per heavy atom. The number of guanidine groups is 1. The van der Waals surface area contributed by atoms with Crippen molar-refractivity contribution in [2.45, 2.75) is 32.1 Å². The van der Waals surface area contributed by atoms with Crippen LogP contribution in [0.25, 0.3) is 5.69 Å². The van der Waals surface area contributed by atoms with Gasteiger partial charge in [-0.15, -0.1) is 0 Å². The maximum absolute atomic E-state index is 12.2. The second-order valence-corrected chi connectivity index (χ2v) is 10.3. The molecule has 0 fully saturated rings. The molecule has 0 spiro atoms. The fourth-order valence-electron chi connectivity index (χ4n) is 2.50. The van der Waals surface area contributed by atoms with Crippen molar-refractivity contribution < 1.29 is 8.42 Å². The topological polar surface area (TPSA) is 79.6 Å². The minimum absolute atomic E-state index is 0.0648. The number of aliphatic imine (C=N–C) groups is 1. The molecule has 0 aliphatic rings. The third-order valence-corrected chi connectivity index (χ3v) is 6.84. The van der Waals surface area contributed by atoms with Crippen molar-refractivity contribution in [3.63, 3.8) is 0 Å². The van der Waals surface area contributed by atoms with Crippen molar-refractivity contribution >= 4 is 15.8 Å². The van der Waals surface area contributed by atoms with E-state index in [9.17, 15) is 8.42 Å². The van der Waals surface area contributed by atoms with Crippen LogP contribution < -0.4 is 5.32 Å². The van der Waals surface area contributed by atoms with Gasteiger partial charge in [-0.1, -0.05) is 18.2 Å². The summed E-state index contributed by atoms with van der Waals surface area (Å²) in [6.07, 6.45) is 3.80. The van der Waals surface area contributed by atoms with Crippen molar-refractivity contribution in [1.29, 1.82) is 0 Å². The van der Waals surface area contributed by atoms with Gasteiger partial charge >= 0.3 is 0 Å². The molecule has 2 aromatic rings. The largest absolute Gasteiger partial charge is 0.355 e. The highest BCUT2D eigenvalue weighted by Crippen LogP contribution is 2.15. The SMILES string of the molecule is CN=C(NCCS(=O)(=O)C(C)(C)C)N(C)Cc1cnn(-c2ccccc2)c1. The second kappa shape index (κ2) is 8.56. The Morgan fingerprint density at radius 1 is 1.26 bits per heavy atom. The number of benzene rings is 1. The Bertz CT molecular complexity index is 867. The molecule has 27 heavy (non-hydrogen) atoms. The summed E-state index contributed by atoms with van der Waals surface area (Å²) >= 11 is 0. The van der Waals surface area contributed by atoms with Gasteiger partial charge < -0.3 is 10.2 Å². The quantitative estimate of drug-likeness (QED) is 0.602. The fourth-order valence-corrected chi connectivity index (χ4v) is 3.48. The van der Waals surface area contributed by atoms with Crippen LogP contribution in [-0.4, -0.2) is 60.2 Å². The third-order valence-electron chi connectivity index (χ3n) is 4.24. The van der Waals surface area contributed by atoms with Gasteiger partial charge in [-0.3, -0.25) is 4.99 Å². The normalized spacial score (nSPS) is 12.9. The summed E-state index contributed by atoms with van der Waals surface area (Å²) in [6.45, 7) is 6.08. The Hall–Kier alpha value is -2.35. The van der Waals surface area contributed by atoms with Gasteiger partial charge in [0.2, 0.25) is 0 Å². The van der Waals surface area contributed by atoms with Gasteiger partial charge in [0.25, 0.3) is 0 Å². The molecule has 0 atom stereocenters. The predicted octanol–water partition coefficient (Wildman–Crippen LogP) is 2.09. The predicted molar refractivity (Wildman–Crippen MR) is 110 cm³/mol. The van der Waals surface area contributed by atoms with E-state index in [1.807, 2.05) is 59.4 Å². The Kier molecular flexibility index (Phi) is 6.64. The van der Waals surface area contributed by atoms with Crippen LogP contribution in [0.15, 0.2) is 47.7 Å². The number of hydrogen-bond donors (Lipinski definition) is 1. The molecule has 1 N–H and O–H groups in total. The highest BCUT2D eigenvalue weighted by atomic mass is 32.2. The van der Waals surface area contributed by atoms with Gasteiger partial charge in [0.05, 0.1) is 22.4 Å². The fraction of sp³-hybridized carbons (Fsp3) is 0.474. The first-order chi connectivity index (χ1) is 12.6. The molecule has 7 nitrogen and oxygen atoms in total. The number of rotatable bonds is 6. The van der Waals surface area contributed by atoms with E-state index in [-0.39, 0.29) is 5.75 Å². The first kappa shape index (κ1) is 21.0. The zero-order valence-electron chi connectivity index (χ0n) is 16.7. The Morgan fingerprint density at radius 2 is 1.93 bits per heavy atom. The average Bonchev–Trinajstić information content (AvgIpc) is 3.07.